The number of rotatable bonds is 4. The molecule has 0 unspecified atom stereocenters. The summed E-state index contributed by atoms with van der Waals surface area (Å²) < 4.78 is 4.98. The van der Waals surface area contributed by atoms with Crippen LogP contribution in [0.4, 0.5) is 0 Å². The average Bonchev–Trinajstić information content (AvgIpc) is 2.90. The van der Waals surface area contributed by atoms with Crippen molar-refractivity contribution in [2.24, 2.45) is 0 Å². The van der Waals surface area contributed by atoms with Crippen molar-refractivity contribution >= 4 is 16.9 Å². The summed E-state index contributed by atoms with van der Waals surface area (Å²) in [4.78, 5) is 20.9. The third kappa shape index (κ3) is 2.27. The summed E-state index contributed by atoms with van der Waals surface area (Å²) in [6.07, 6.45) is 0.800. The molecule has 0 radical (unpaired) electrons. The summed E-state index contributed by atoms with van der Waals surface area (Å²) in [6.45, 7) is 2.21. The molecule has 1 aromatic heterocycles. The molecule has 0 N–H and O–H groups in total. The third-order valence-electron chi connectivity index (χ3n) is 4.10. The van der Waals surface area contributed by atoms with Crippen molar-refractivity contribution in [3.05, 3.63) is 48.3 Å². The Balaban J connectivity index is 1.78. The normalized spacial score (nSPS) is 11.5. The Bertz CT molecular complexity index is 918. The smallest absolute Gasteiger partial charge is 0.306 e. The van der Waals surface area contributed by atoms with Gasteiger partial charge in [-0.1, -0.05) is 36.4 Å². The molecule has 1 heterocycles. The zero-order valence-corrected chi connectivity index (χ0v) is 12.9. The van der Waals surface area contributed by atoms with Gasteiger partial charge in [0.2, 0.25) is 0 Å². The van der Waals surface area contributed by atoms with Gasteiger partial charge in [0.1, 0.15) is 5.82 Å². The number of hydrogen-bond acceptors (Lipinski definition) is 4. The number of ether oxygens (including phenoxy) is 1. The minimum absolute atomic E-state index is 0.207. The van der Waals surface area contributed by atoms with Gasteiger partial charge in [-0.05, 0) is 24.1 Å². The lowest BCUT2D eigenvalue weighted by atomic mass is 10.1. The molecule has 0 saturated heterocycles. The van der Waals surface area contributed by atoms with Crippen LogP contribution in [0.1, 0.15) is 19.2 Å². The zero-order valence-electron chi connectivity index (χ0n) is 12.9. The molecule has 4 nitrogen and oxygen atoms in total. The van der Waals surface area contributed by atoms with Crippen molar-refractivity contribution in [1.82, 2.24) is 9.97 Å². The van der Waals surface area contributed by atoms with Gasteiger partial charge in [0.15, 0.2) is 0 Å². The highest BCUT2D eigenvalue weighted by Gasteiger charge is 2.23. The van der Waals surface area contributed by atoms with E-state index in [9.17, 15) is 4.79 Å². The first kappa shape index (κ1) is 13.9. The Morgan fingerprint density at radius 2 is 1.78 bits per heavy atom. The van der Waals surface area contributed by atoms with E-state index in [2.05, 4.69) is 23.2 Å². The van der Waals surface area contributed by atoms with Crippen LogP contribution in [0.25, 0.3) is 33.3 Å². The number of carbonyl (C=O) groups is 1. The fourth-order valence-electron chi connectivity index (χ4n) is 3.13. The predicted octanol–water partition coefficient (Wildman–Crippen LogP) is 3.77. The number of fused-ring (bicyclic) bond motifs is 3. The topological polar surface area (TPSA) is 52.1 Å². The van der Waals surface area contributed by atoms with Crippen LogP contribution < -0.4 is 0 Å². The molecule has 0 fully saturated rings. The highest BCUT2D eigenvalue weighted by Crippen LogP contribution is 2.45. The molecule has 0 saturated carbocycles. The van der Waals surface area contributed by atoms with Gasteiger partial charge in [0.25, 0.3) is 0 Å². The Kier molecular flexibility index (Phi) is 3.30. The Hall–Kier alpha value is -2.75. The van der Waals surface area contributed by atoms with Crippen LogP contribution in [-0.2, 0) is 16.0 Å². The van der Waals surface area contributed by atoms with E-state index in [0.717, 1.165) is 22.2 Å². The first-order valence-electron chi connectivity index (χ1n) is 7.83. The molecular formula is C19H16N2O2. The number of aromatic nitrogens is 2. The predicted molar refractivity (Wildman–Crippen MR) is 88.9 cm³/mol. The van der Waals surface area contributed by atoms with Gasteiger partial charge in [0.05, 0.1) is 24.2 Å². The molecule has 2 aromatic carbocycles. The minimum atomic E-state index is -0.207. The molecule has 0 atom stereocenters. The second-order valence-electron chi connectivity index (χ2n) is 5.54. The number of nitrogens with zero attached hydrogens (tertiary/aromatic N) is 2. The minimum Gasteiger partial charge on any atom is -0.466 e. The molecule has 3 aromatic rings. The van der Waals surface area contributed by atoms with E-state index < -0.39 is 0 Å². The Labute approximate surface area is 134 Å². The summed E-state index contributed by atoms with van der Waals surface area (Å²) in [7, 11) is 0. The SMILES string of the molecule is CCOC(=O)CCc1nc2c3c(cccc3n1)-c1ccccc1-2. The summed E-state index contributed by atoms with van der Waals surface area (Å²) in [5, 5.41) is 1.11. The maximum Gasteiger partial charge on any atom is 0.306 e. The van der Waals surface area contributed by atoms with E-state index in [0.29, 0.717) is 25.3 Å². The number of benzene rings is 2. The molecule has 0 spiro atoms. The van der Waals surface area contributed by atoms with Gasteiger partial charge in [-0.3, -0.25) is 4.79 Å². The zero-order chi connectivity index (χ0) is 15.8. The second-order valence-corrected chi connectivity index (χ2v) is 5.54. The van der Waals surface area contributed by atoms with Gasteiger partial charge < -0.3 is 4.74 Å². The highest BCUT2D eigenvalue weighted by atomic mass is 16.5. The second kappa shape index (κ2) is 5.47. The largest absolute Gasteiger partial charge is 0.466 e. The lowest BCUT2D eigenvalue weighted by Crippen LogP contribution is -2.07. The molecule has 0 amide bonds. The maximum absolute atomic E-state index is 11.6. The van der Waals surface area contributed by atoms with Crippen LogP contribution in [0.15, 0.2) is 42.5 Å². The first-order chi connectivity index (χ1) is 11.3. The number of hydrogen-bond donors (Lipinski definition) is 0. The average molecular weight is 304 g/mol. The molecule has 23 heavy (non-hydrogen) atoms. The fourth-order valence-corrected chi connectivity index (χ4v) is 3.13. The van der Waals surface area contributed by atoms with E-state index in [1.54, 1.807) is 0 Å². The van der Waals surface area contributed by atoms with E-state index in [1.807, 2.05) is 31.2 Å². The van der Waals surface area contributed by atoms with Gasteiger partial charge in [-0.15, -0.1) is 0 Å². The number of esters is 1. The fraction of sp³-hybridized carbons (Fsp3) is 0.211. The molecule has 0 aliphatic heterocycles. The molecule has 1 aliphatic carbocycles. The number of aryl methyl sites for hydroxylation is 1. The molecule has 0 bridgehead atoms. The van der Waals surface area contributed by atoms with Crippen LogP contribution >= 0.6 is 0 Å². The van der Waals surface area contributed by atoms with Gasteiger partial charge in [-0.25, -0.2) is 9.97 Å². The van der Waals surface area contributed by atoms with Crippen molar-refractivity contribution in [2.45, 2.75) is 19.8 Å². The van der Waals surface area contributed by atoms with Crippen LogP contribution in [0.2, 0.25) is 0 Å². The quantitative estimate of drug-likeness (QED) is 0.538. The van der Waals surface area contributed by atoms with E-state index >= 15 is 0 Å². The van der Waals surface area contributed by atoms with Crippen molar-refractivity contribution < 1.29 is 9.53 Å². The highest BCUT2D eigenvalue weighted by molar-refractivity contribution is 6.12. The third-order valence-corrected chi connectivity index (χ3v) is 4.10. The molecule has 4 rings (SSSR count). The van der Waals surface area contributed by atoms with Crippen LogP contribution in [-0.4, -0.2) is 22.5 Å². The van der Waals surface area contributed by atoms with E-state index in [-0.39, 0.29) is 5.97 Å². The molecule has 1 aliphatic rings. The van der Waals surface area contributed by atoms with Crippen LogP contribution in [0.3, 0.4) is 0 Å². The summed E-state index contributed by atoms with van der Waals surface area (Å²) in [5.74, 6) is 0.483. The number of carbonyl (C=O) groups excluding carboxylic acids is 1. The summed E-state index contributed by atoms with van der Waals surface area (Å²) in [5.41, 5.74) is 5.43. The van der Waals surface area contributed by atoms with E-state index in [4.69, 9.17) is 9.72 Å². The maximum atomic E-state index is 11.6. The summed E-state index contributed by atoms with van der Waals surface area (Å²) in [6, 6.07) is 14.4. The molecular weight excluding hydrogens is 288 g/mol. The Morgan fingerprint density at radius 1 is 1.00 bits per heavy atom. The lowest BCUT2D eigenvalue weighted by molar-refractivity contribution is -0.143. The van der Waals surface area contributed by atoms with Gasteiger partial charge in [0, 0.05) is 17.4 Å². The summed E-state index contributed by atoms with van der Waals surface area (Å²) >= 11 is 0. The van der Waals surface area contributed by atoms with Crippen molar-refractivity contribution in [3.63, 3.8) is 0 Å². The van der Waals surface area contributed by atoms with Gasteiger partial charge >= 0.3 is 5.97 Å². The lowest BCUT2D eigenvalue weighted by Gasteiger charge is -2.05. The van der Waals surface area contributed by atoms with Crippen molar-refractivity contribution in [2.75, 3.05) is 6.61 Å². The van der Waals surface area contributed by atoms with E-state index in [1.165, 1.54) is 11.1 Å². The van der Waals surface area contributed by atoms with Crippen LogP contribution in [0, 0.1) is 0 Å². The van der Waals surface area contributed by atoms with Crippen molar-refractivity contribution in [3.8, 4) is 22.4 Å². The molecule has 4 heteroatoms. The van der Waals surface area contributed by atoms with Gasteiger partial charge in [-0.2, -0.15) is 0 Å². The first-order valence-corrected chi connectivity index (χ1v) is 7.83. The van der Waals surface area contributed by atoms with Crippen molar-refractivity contribution in [1.29, 1.82) is 0 Å². The van der Waals surface area contributed by atoms with Crippen LogP contribution in [0.5, 0.6) is 0 Å². The standard InChI is InChI=1S/C19H16N2O2/c1-2-23-17(22)11-10-16-20-15-9-5-8-13-12-6-3-4-7-14(12)19(21-16)18(13)15/h3-9H,2,10-11H2,1H3. The molecule has 114 valence electrons. The monoisotopic (exact) mass is 304 g/mol. The Morgan fingerprint density at radius 3 is 2.61 bits per heavy atom.